The van der Waals surface area contributed by atoms with Gasteiger partial charge in [0.1, 0.15) is 12.1 Å². The second kappa shape index (κ2) is 11.1. The number of fused-ring (bicyclic) bond motifs is 1. The van der Waals surface area contributed by atoms with Crippen molar-refractivity contribution in [2.75, 3.05) is 24.9 Å². The quantitative estimate of drug-likeness (QED) is 0.160. The minimum absolute atomic E-state index is 0.118. The van der Waals surface area contributed by atoms with Gasteiger partial charge >= 0.3 is 5.63 Å². The molecule has 1 aromatic heterocycles. The average molecular weight is 618 g/mol. The zero-order chi connectivity index (χ0) is 31.2. The second-order valence-corrected chi connectivity index (χ2v) is 15.4. The van der Waals surface area contributed by atoms with E-state index in [9.17, 15) is 21.6 Å². The van der Waals surface area contributed by atoms with Gasteiger partial charge < -0.3 is 8.90 Å². The van der Waals surface area contributed by atoms with Crippen molar-refractivity contribution >= 4 is 36.7 Å². The van der Waals surface area contributed by atoms with Crippen molar-refractivity contribution in [2.45, 2.75) is 30.2 Å². The van der Waals surface area contributed by atoms with Crippen molar-refractivity contribution in [1.29, 1.82) is 0 Å². The van der Waals surface area contributed by atoms with Crippen molar-refractivity contribution in [2.24, 2.45) is 0 Å². The summed E-state index contributed by atoms with van der Waals surface area (Å²) in [6, 6.07) is 25.3. The van der Waals surface area contributed by atoms with E-state index in [1.54, 1.807) is 42.5 Å². The fourth-order valence-electron chi connectivity index (χ4n) is 4.91. The fourth-order valence-corrected chi connectivity index (χ4v) is 8.59. The maximum absolute atomic E-state index is 14.2. The zero-order valence-electron chi connectivity index (χ0n) is 24.6. The van der Waals surface area contributed by atoms with E-state index < -0.39 is 25.7 Å². The van der Waals surface area contributed by atoms with Gasteiger partial charge in [0.15, 0.2) is 0 Å². The van der Waals surface area contributed by atoms with Crippen molar-refractivity contribution < 1.29 is 25.7 Å². The van der Waals surface area contributed by atoms with E-state index in [-0.39, 0.29) is 26.6 Å². The molecule has 0 aliphatic carbocycles. The lowest BCUT2D eigenvalue weighted by atomic mass is 10.0. The highest BCUT2D eigenvalue weighted by Crippen LogP contribution is 2.34. The highest BCUT2D eigenvalue weighted by molar-refractivity contribution is 8.10. The maximum Gasteiger partial charge on any atom is 0.344 e. The lowest BCUT2D eigenvalue weighted by Crippen LogP contribution is -2.37. The number of benzene rings is 4. The van der Waals surface area contributed by atoms with Gasteiger partial charge in [-0.3, -0.25) is 0 Å². The van der Waals surface area contributed by atoms with Crippen LogP contribution in [0, 0.1) is 13.8 Å². The molecule has 8 nitrogen and oxygen atoms in total. The van der Waals surface area contributed by atoms with Gasteiger partial charge in [0, 0.05) is 10.9 Å². The topological polar surface area (TPSA) is 102 Å². The van der Waals surface area contributed by atoms with E-state index in [1.807, 2.05) is 47.1 Å². The van der Waals surface area contributed by atoms with Crippen LogP contribution in [0.1, 0.15) is 16.7 Å². The van der Waals surface area contributed by atoms with Gasteiger partial charge in [-0.05, 0) is 73.5 Å². The molecule has 0 fully saturated rings. The number of hydrogen-bond acceptors (Lipinski definition) is 6. The Morgan fingerprint density at radius 2 is 1.28 bits per heavy atom. The van der Waals surface area contributed by atoms with Crippen molar-refractivity contribution in [3.8, 4) is 11.1 Å². The van der Waals surface area contributed by atoms with Crippen LogP contribution in [0.15, 0.2) is 116 Å². The smallest absolute Gasteiger partial charge is 0.344 e. The molecule has 0 radical (unpaired) electrons. The first-order chi connectivity index (χ1) is 20.2. The van der Waals surface area contributed by atoms with Gasteiger partial charge in [0.2, 0.25) is 0 Å². The SMILES string of the molecule is Cc1ccc(S(=O)(=O)N(c2ccc3oc(=O)c(-c4ccccc4C)cc3c2)S(=O)(=O)c2ccc(C[N+](C)(C)C)cc2)cc1. The molecule has 0 saturated carbocycles. The number of quaternary nitrogens is 1. The maximum atomic E-state index is 14.2. The van der Waals surface area contributed by atoms with Crippen LogP contribution in [-0.2, 0) is 26.6 Å². The van der Waals surface area contributed by atoms with Gasteiger partial charge in [-0.25, -0.2) is 21.6 Å². The molecule has 0 N–H and O–H groups in total. The highest BCUT2D eigenvalue weighted by Gasteiger charge is 2.37. The highest BCUT2D eigenvalue weighted by atomic mass is 32.3. The van der Waals surface area contributed by atoms with Crippen LogP contribution >= 0.6 is 0 Å². The standard InChI is InChI=1S/C33H33N2O6S2/c1-23-10-15-28(16-11-23)42(37,38)34(43(39,40)29-17-12-25(13-18-29)22-35(3,4)5)27-14-19-32-26(20-27)21-31(33(36)41-32)30-9-7-6-8-24(30)2/h6-21H,22H2,1-5H3/q+1. The van der Waals surface area contributed by atoms with Crippen LogP contribution in [0.5, 0.6) is 0 Å². The summed E-state index contributed by atoms with van der Waals surface area (Å²) >= 11 is 0. The lowest BCUT2D eigenvalue weighted by Gasteiger charge is -2.25. The summed E-state index contributed by atoms with van der Waals surface area (Å²) in [6.45, 7) is 4.33. The molecule has 0 unspecified atom stereocenters. The number of hydrogen-bond donors (Lipinski definition) is 0. The molecular weight excluding hydrogens is 585 g/mol. The minimum atomic E-state index is -4.63. The van der Waals surface area contributed by atoms with Crippen LogP contribution in [0.4, 0.5) is 5.69 Å². The summed E-state index contributed by atoms with van der Waals surface area (Å²) in [5, 5.41) is 0.368. The molecule has 222 valence electrons. The average Bonchev–Trinajstić information content (AvgIpc) is 2.93. The third-order valence-electron chi connectivity index (χ3n) is 7.00. The largest absolute Gasteiger partial charge is 0.422 e. The Bertz CT molecular complexity index is 2090. The summed E-state index contributed by atoms with van der Waals surface area (Å²) in [5.74, 6) is 0. The summed E-state index contributed by atoms with van der Waals surface area (Å²) in [6.07, 6.45) is 0. The number of anilines is 1. The fraction of sp³-hybridized carbons (Fsp3) is 0.182. The summed E-state index contributed by atoms with van der Waals surface area (Å²) in [5.41, 5.74) is 3.05. The molecule has 0 amide bonds. The summed E-state index contributed by atoms with van der Waals surface area (Å²) in [4.78, 5) is 12.5. The van der Waals surface area contributed by atoms with Crippen molar-refractivity contribution in [3.63, 3.8) is 0 Å². The first kappa shape index (κ1) is 30.2. The van der Waals surface area contributed by atoms with Crippen molar-refractivity contribution in [3.05, 3.63) is 124 Å². The first-order valence-corrected chi connectivity index (χ1v) is 16.5. The Hall–Kier alpha value is -4.25. The monoisotopic (exact) mass is 617 g/mol. The van der Waals surface area contributed by atoms with Crippen LogP contribution in [0.25, 0.3) is 22.1 Å². The molecular formula is C33H33N2O6S2+. The molecule has 0 atom stereocenters. The molecule has 5 aromatic rings. The molecule has 0 spiro atoms. The Morgan fingerprint density at radius 1 is 0.698 bits per heavy atom. The third kappa shape index (κ3) is 6.13. The van der Waals surface area contributed by atoms with Gasteiger partial charge in [0.25, 0.3) is 20.0 Å². The molecule has 10 heteroatoms. The lowest BCUT2D eigenvalue weighted by molar-refractivity contribution is -0.884. The molecule has 1 heterocycles. The van der Waals surface area contributed by atoms with Crippen LogP contribution in [-0.4, -0.2) is 42.5 Å². The van der Waals surface area contributed by atoms with E-state index in [0.29, 0.717) is 25.7 Å². The molecule has 0 aliphatic rings. The van der Waals surface area contributed by atoms with Crippen molar-refractivity contribution in [1.82, 2.24) is 0 Å². The van der Waals surface area contributed by atoms with Crippen LogP contribution < -0.4 is 9.34 Å². The van der Waals surface area contributed by atoms with E-state index in [0.717, 1.165) is 16.7 Å². The predicted molar refractivity (Wildman–Crippen MR) is 169 cm³/mol. The Morgan fingerprint density at radius 3 is 1.86 bits per heavy atom. The third-order valence-corrected chi connectivity index (χ3v) is 11.2. The molecule has 5 rings (SSSR count). The minimum Gasteiger partial charge on any atom is -0.422 e. The number of aryl methyl sites for hydroxylation is 2. The summed E-state index contributed by atoms with van der Waals surface area (Å²) in [7, 11) is -3.18. The Kier molecular flexibility index (Phi) is 7.81. The molecule has 0 bridgehead atoms. The molecule has 4 aromatic carbocycles. The number of nitrogens with zero attached hydrogens (tertiary/aromatic N) is 2. The van der Waals surface area contributed by atoms with Gasteiger partial charge in [-0.1, -0.05) is 54.1 Å². The zero-order valence-corrected chi connectivity index (χ0v) is 26.2. The second-order valence-electron chi connectivity index (χ2n) is 11.6. The molecule has 43 heavy (non-hydrogen) atoms. The Labute approximate surface area is 252 Å². The predicted octanol–water partition coefficient (Wildman–Crippen LogP) is 5.87. The van der Waals surface area contributed by atoms with E-state index in [4.69, 9.17) is 4.42 Å². The number of sulfonamides is 2. The van der Waals surface area contributed by atoms with E-state index in [1.165, 1.54) is 42.5 Å². The van der Waals surface area contributed by atoms with Gasteiger partial charge in [0.05, 0.1) is 42.2 Å². The molecule has 0 saturated heterocycles. The number of rotatable bonds is 8. The normalized spacial score (nSPS) is 12.4. The van der Waals surface area contributed by atoms with Crippen LogP contribution in [0.3, 0.4) is 0 Å². The van der Waals surface area contributed by atoms with E-state index >= 15 is 0 Å². The van der Waals surface area contributed by atoms with Gasteiger partial charge in [-0.15, -0.1) is 0 Å². The van der Waals surface area contributed by atoms with E-state index in [2.05, 4.69) is 0 Å². The first-order valence-electron chi connectivity index (χ1n) is 13.6. The summed E-state index contributed by atoms with van der Waals surface area (Å²) < 4.78 is 63.3. The van der Waals surface area contributed by atoms with Crippen LogP contribution in [0.2, 0.25) is 0 Å². The van der Waals surface area contributed by atoms with Gasteiger partial charge in [-0.2, -0.15) is 3.71 Å². The molecule has 0 aliphatic heterocycles. The Balaban J connectivity index is 1.70.